The molecule has 0 atom stereocenters. The Morgan fingerprint density at radius 3 is 1.59 bits per heavy atom. The summed E-state index contributed by atoms with van der Waals surface area (Å²) in [4.78, 5) is 10.0. The minimum atomic E-state index is -0.249. The fraction of sp³-hybridized carbons (Fsp3) is 0.279. The van der Waals surface area contributed by atoms with E-state index in [1.54, 1.807) is 0 Å². The van der Waals surface area contributed by atoms with Crippen molar-refractivity contribution in [2.45, 2.75) is 112 Å². The van der Waals surface area contributed by atoms with Gasteiger partial charge in [-0.25, -0.2) is 4.98 Å². The molecule has 5 heteroatoms. The average Bonchev–Trinajstić information content (AvgIpc) is 3.97. The molecule has 0 N–H and O–H groups in total. The Kier molecular flexibility index (Phi) is 12.3. The molecule has 1 aliphatic heterocycles. The first kappa shape index (κ1) is 49.2. The summed E-state index contributed by atoms with van der Waals surface area (Å²) >= 11 is 0. The average molecular weight is 961 g/mol. The van der Waals surface area contributed by atoms with Crippen molar-refractivity contribution in [1.82, 2.24) is 9.55 Å². The number of aromatic nitrogens is 2. The van der Waals surface area contributed by atoms with E-state index in [4.69, 9.17) is 9.72 Å². The molecule has 0 fully saturated rings. The molecule has 9 aromatic rings. The number of nitrogens with zero attached hydrogens (tertiary/aromatic N) is 4. The van der Waals surface area contributed by atoms with Gasteiger partial charge in [0.15, 0.2) is 0 Å². The lowest BCUT2D eigenvalue weighted by Gasteiger charge is -2.33. The minimum absolute atomic E-state index is 0.00325. The first-order chi connectivity index (χ1) is 34.6. The molecule has 10 rings (SSSR count). The molecule has 0 bridgehead atoms. The van der Waals surface area contributed by atoms with Gasteiger partial charge in [-0.1, -0.05) is 193 Å². The molecule has 0 aliphatic carbocycles. The van der Waals surface area contributed by atoms with Gasteiger partial charge in [-0.05, 0) is 116 Å². The quantitative estimate of drug-likeness (QED) is 0.137. The SMILES string of the molecule is CC(C)(C)C1=CN(c2cc(Oc3ccc4c5cc(C(C)(C)c6ccccc6)ccc5n(-c5cc(C(C)(C)c6ccccc6)ccn5)c4c3)cc(-c3ccccc3)c2)CN1c1cc(C(C)(C)C)cc(C(C)(C)C)c1. The number of rotatable bonds is 10. The van der Waals surface area contributed by atoms with Crippen LogP contribution in [0.3, 0.4) is 0 Å². The molecule has 370 valence electrons. The highest BCUT2D eigenvalue weighted by atomic mass is 16.5. The van der Waals surface area contributed by atoms with E-state index in [9.17, 15) is 0 Å². The van der Waals surface area contributed by atoms with E-state index in [1.165, 1.54) is 50.2 Å². The Balaban J connectivity index is 1.10. The summed E-state index contributed by atoms with van der Waals surface area (Å²) in [5.74, 6) is 2.38. The molecule has 0 saturated carbocycles. The summed E-state index contributed by atoms with van der Waals surface area (Å²) < 4.78 is 9.45. The van der Waals surface area contributed by atoms with Crippen molar-refractivity contribution in [2.24, 2.45) is 5.41 Å². The number of fused-ring (bicyclic) bond motifs is 3. The Bertz CT molecular complexity index is 3470. The second-order valence-electron chi connectivity index (χ2n) is 24.4. The smallest absolute Gasteiger partial charge is 0.137 e. The minimum Gasteiger partial charge on any atom is -0.457 e. The first-order valence-electron chi connectivity index (χ1n) is 26.0. The highest BCUT2D eigenvalue weighted by Crippen LogP contribution is 2.45. The van der Waals surface area contributed by atoms with Crippen molar-refractivity contribution < 1.29 is 4.74 Å². The van der Waals surface area contributed by atoms with Gasteiger partial charge in [-0.2, -0.15) is 0 Å². The zero-order chi connectivity index (χ0) is 51.7. The maximum Gasteiger partial charge on any atom is 0.137 e. The molecule has 0 amide bonds. The number of ether oxygens (including phenoxy) is 1. The third-order valence-electron chi connectivity index (χ3n) is 15.3. The Morgan fingerprint density at radius 2 is 1.00 bits per heavy atom. The largest absolute Gasteiger partial charge is 0.457 e. The van der Waals surface area contributed by atoms with Gasteiger partial charge in [0.05, 0.1) is 17.7 Å². The fourth-order valence-corrected chi connectivity index (χ4v) is 10.5. The predicted octanol–water partition coefficient (Wildman–Crippen LogP) is 18.1. The third kappa shape index (κ3) is 9.59. The molecule has 0 spiro atoms. The second kappa shape index (κ2) is 18.3. The molecule has 0 unspecified atom stereocenters. The fourth-order valence-electron chi connectivity index (χ4n) is 10.5. The van der Waals surface area contributed by atoms with Crippen molar-refractivity contribution in [3.8, 4) is 28.4 Å². The van der Waals surface area contributed by atoms with Gasteiger partial charge in [0.1, 0.15) is 17.3 Å². The highest BCUT2D eigenvalue weighted by Gasteiger charge is 2.34. The van der Waals surface area contributed by atoms with Crippen LogP contribution in [0.15, 0.2) is 194 Å². The molecule has 1 aliphatic rings. The van der Waals surface area contributed by atoms with Crippen molar-refractivity contribution >= 4 is 33.2 Å². The molecule has 0 saturated heterocycles. The molecule has 73 heavy (non-hydrogen) atoms. The monoisotopic (exact) mass is 961 g/mol. The molecule has 0 radical (unpaired) electrons. The first-order valence-corrected chi connectivity index (χ1v) is 26.0. The van der Waals surface area contributed by atoms with Gasteiger partial charge >= 0.3 is 0 Å². The Morgan fingerprint density at radius 1 is 0.411 bits per heavy atom. The topological polar surface area (TPSA) is 33.5 Å². The van der Waals surface area contributed by atoms with Crippen LogP contribution in [0.2, 0.25) is 0 Å². The van der Waals surface area contributed by atoms with Gasteiger partial charge in [-0.15, -0.1) is 0 Å². The van der Waals surface area contributed by atoms with Gasteiger partial charge in [0.25, 0.3) is 0 Å². The van der Waals surface area contributed by atoms with Crippen molar-refractivity contribution in [3.05, 3.63) is 227 Å². The lowest BCUT2D eigenvalue weighted by atomic mass is 9.78. The normalized spacial score (nSPS) is 13.8. The third-order valence-corrected chi connectivity index (χ3v) is 15.3. The van der Waals surface area contributed by atoms with Gasteiger partial charge in [-0.3, -0.25) is 4.57 Å². The summed E-state index contributed by atoms with van der Waals surface area (Å²) in [6.45, 7) is 30.7. The van der Waals surface area contributed by atoms with E-state index >= 15 is 0 Å². The molecule has 3 heterocycles. The highest BCUT2D eigenvalue weighted by molar-refractivity contribution is 6.10. The van der Waals surface area contributed by atoms with Gasteiger partial charge < -0.3 is 14.5 Å². The van der Waals surface area contributed by atoms with Crippen LogP contribution < -0.4 is 14.5 Å². The van der Waals surface area contributed by atoms with Crippen molar-refractivity contribution in [2.75, 3.05) is 16.5 Å². The van der Waals surface area contributed by atoms with Crippen molar-refractivity contribution in [3.63, 3.8) is 0 Å². The van der Waals surface area contributed by atoms with E-state index < -0.39 is 0 Å². The summed E-state index contributed by atoms with van der Waals surface area (Å²) in [7, 11) is 0. The number of anilines is 2. The van der Waals surface area contributed by atoms with Crippen LogP contribution >= 0.6 is 0 Å². The van der Waals surface area contributed by atoms with Crippen LogP contribution in [-0.4, -0.2) is 16.2 Å². The Labute approximate surface area is 434 Å². The van der Waals surface area contributed by atoms with Crippen LogP contribution in [0, 0.1) is 5.41 Å². The zero-order valence-electron chi connectivity index (χ0n) is 45.3. The maximum atomic E-state index is 7.12. The summed E-state index contributed by atoms with van der Waals surface area (Å²) in [5.41, 5.74) is 15.0. The van der Waals surface area contributed by atoms with Crippen LogP contribution in [0.5, 0.6) is 11.5 Å². The van der Waals surface area contributed by atoms with Gasteiger partial charge in [0.2, 0.25) is 0 Å². The number of hydrogen-bond acceptors (Lipinski definition) is 4. The lowest BCUT2D eigenvalue weighted by Crippen LogP contribution is -2.31. The summed E-state index contributed by atoms with van der Waals surface area (Å²) in [5, 5.41) is 2.32. The number of benzene rings is 7. The van der Waals surface area contributed by atoms with E-state index in [1.807, 2.05) is 6.20 Å². The standard InChI is InChI=1S/C68H72N4O/c1-64(2,3)52-37-53(65(4,5)6)39-55(38-52)71-45-70(44-62(71)66(7,8)9)54-35-47(46-23-17-14-18-24-46)36-57(42-54)73-56-30-31-58-59-40-50(67(10,11)48-25-19-15-20-26-48)29-32-60(59)72(61(58)43-56)63-41-51(33-34-69-63)68(12,13)49-27-21-16-22-28-49/h14-44H,45H2,1-13H3. The van der Waals surface area contributed by atoms with E-state index in [2.05, 4.69) is 287 Å². The van der Waals surface area contributed by atoms with Crippen LogP contribution in [0.4, 0.5) is 11.4 Å². The molecule has 7 aromatic carbocycles. The van der Waals surface area contributed by atoms with Crippen molar-refractivity contribution in [1.29, 1.82) is 0 Å². The second-order valence-corrected chi connectivity index (χ2v) is 24.4. The molecular weight excluding hydrogens is 889 g/mol. The van der Waals surface area contributed by atoms with Crippen LogP contribution in [0.1, 0.15) is 123 Å². The van der Waals surface area contributed by atoms with E-state index in [-0.39, 0.29) is 27.1 Å². The number of allylic oxidation sites excluding steroid dienone is 1. The molecule has 2 aromatic heterocycles. The van der Waals surface area contributed by atoms with Crippen LogP contribution in [0.25, 0.3) is 38.8 Å². The zero-order valence-corrected chi connectivity index (χ0v) is 45.3. The lowest BCUT2D eigenvalue weighted by molar-refractivity contribution is 0.483. The van der Waals surface area contributed by atoms with Gasteiger partial charge in [0, 0.05) is 68.6 Å². The predicted molar refractivity (Wildman–Crippen MR) is 309 cm³/mol. The number of hydrogen-bond donors (Lipinski definition) is 0. The summed E-state index contributed by atoms with van der Waals surface area (Å²) in [6.07, 6.45) is 4.31. The number of pyridine rings is 1. The van der Waals surface area contributed by atoms with E-state index in [0.29, 0.717) is 6.67 Å². The summed E-state index contributed by atoms with van der Waals surface area (Å²) in [6, 6.07) is 64.1. The molecular formula is C68H72N4O. The molecule has 5 nitrogen and oxygen atoms in total. The van der Waals surface area contributed by atoms with E-state index in [0.717, 1.165) is 50.6 Å². The Hall–Kier alpha value is -7.37. The maximum absolute atomic E-state index is 7.12. The van der Waals surface area contributed by atoms with Crippen LogP contribution in [-0.2, 0) is 21.7 Å².